The summed E-state index contributed by atoms with van der Waals surface area (Å²) in [7, 11) is 0. The number of hydrogen-bond donors (Lipinski definition) is 1. The summed E-state index contributed by atoms with van der Waals surface area (Å²) >= 11 is 3.27. The smallest absolute Gasteiger partial charge is 0.154 e. The van der Waals surface area contributed by atoms with Crippen LogP contribution in [-0.4, -0.2) is 15.1 Å². The lowest BCUT2D eigenvalue weighted by molar-refractivity contribution is 0.271. The zero-order valence-electron chi connectivity index (χ0n) is 8.19. The fourth-order valence-corrected chi connectivity index (χ4v) is 1.68. The molecule has 2 aromatic rings. The molecule has 0 fully saturated rings. The van der Waals surface area contributed by atoms with Gasteiger partial charge in [-0.05, 0) is 24.3 Å². The summed E-state index contributed by atoms with van der Waals surface area (Å²) < 4.78 is 14.3. The minimum atomic E-state index is -0.356. The van der Waals surface area contributed by atoms with Gasteiger partial charge < -0.3 is 5.11 Å². The lowest BCUT2D eigenvalue weighted by atomic mass is 10.1. The Kier molecular flexibility index (Phi) is 3.26. The van der Waals surface area contributed by atoms with Crippen molar-refractivity contribution in [3.63, 3.8) is 0 Å². The fraction of sp³-hybridized carbons (Fsp3) is 0.0909. The molecule has 0 radical (unpaired) electrons. The van der Waals surface area contributed by atoms with Crippen molar-refractivity contribution in [1.29, 1.82) is 0 Å². The Bertz CT molecular complexity index is 519. The third-order valence-electron chi connectivity index (χ3n) is 2.05. The van der Waals surface area contributed by atoms with Crippen molar-refractivity contribution in [2.24, 2.45) is 0 Å². The van der Waals surface area contributed by atoms with Gasteiger partial charge in [-0.3, -0.25) is 0 Å². The van der Waals surface area contributed by atoms with E-state index in [2.05, 4.69) is 25.9 Å². The fourth-order valence-electron chi connectivity index (χ4n) is 1.32. The molecular weight excluding hydrogens is 275 g/mol. The topological polar surface area (TPSA) is 46.0 Å². The van der Waals surface area contributed by atoms with Gasteiger partial charge in [0.15, 0.2) is 5.82 Å². The van der Waals surface area contributed by atoms with Crippen LogP contribution in [0, 0.1) is 5.82 Å². The highest BCUT2D eigenvalue weighted by Crippen LogP contribution is 2.24. The minimum Gasteiger partial charge on any atom is -0.388 e. The molecule has 2 rings (SSSR count). The SMILES string of the molecule is OCc1nccc(-c2cc(Br)ccc2F)n1. The first-order valence-corrected chi connectivity index (χ1v) is 5.38. The second-order valence-electron chi connectivity index (χ2n) is 3.14. The standard InChI is InChI=1S/C11H8BrFN2O/c12-7-1-2-9(13)8(5-7)10-3-4-14-11(6-16)15-10/h1-5,16H,6H2. The second-order valence-corrected chi connectivity index (χ2v) is 4.06. The molecule has 16 heavy (non-hydrogen) atoms. The molecule has 0 saturated carbocycles. The van der Waals surface area contributed by atoms with E-state index in [1.807, 2.05) is 0 Å². The Balaban J connectivity index is 2.53. The first kappa shape index (κ1) is 11.2. The number of aromatic nitrogens is 2. The number of hydrogen-bond acceptors (Lipinski definition) is 3. The van der Waals surface area contributed by atoms with E-state index in [1.165, 1.54) is 12.3 Å². The number of nitrogens with zero attached hydrogens (tertiary/aromatic N) is 2. The lowest BCUT2D eigenvalue weighted by Gasteiger charge is -2.04. The van der Waals surface area contributed by atoms with Crippen LogP contribution in [-0.2, 0) is 6.61 Å². The molecule has 1 aromatic heterocycles. The van der Waals surface area contributed by atoms with Gasteiger partial charge in [0.05, 0.1) is 5.69 Å². The summed E-state index contributed by atoms with van der Waals surface area (Å²) in [6.07, 6.45) is 1.49. The predicted molar refractivity (Wildman–Crippen MR) is 61.0 cm³/mol. The summed E-state index contributed by atoms with van der Waals surface area (Å²) in [5, 5.41) is 8.90. The second kappa shape index (κ2) is 4.67. The molecule has 1 heterocycles. The lowest BCUT2D eigenvalue weighted by Crippen LogP contribution is -1.96. The van der Waals surface area contributed by atoms with Crippen LogP contribution in [0.3, 0.4) is 0 Å². The highest BCUT2D eigenvalue weighted by molar-refractivity contribution is 9.10. The molecule has 82 valence electrons. The molecule has 5 heteroatoms. The van der Waals surface area contributed by atoms with Crippen LogP contribution < -0.4 is 0 Å². The average molecular weight is 283 g/mol. The summed E-state index contributed by atoms with van der Waals surface area (Å²) in [4.78, 5) is 7.88. The molecule has 0 aliphatic carbocycles. The van der Waals surface area contributed by atoms with E-state index in [4.69, 9.17) is 5.11 Å². The van der Waals surface area contributed by atoms with Gasteiger partial charge in [-0.15, -0.1) is 0 Å². The highest BCUT2D eigenvalue weighted by Gasteiger charge is 2.07. The van der Waals surface area contributed by atoms with Gasteiger partial charge >= 0.3 is 0 Å². The first-order valence-electron chi connectivity index (χ1n) is 4.59. The molecule has 0 bridgehead atoms. The average Bonchev–Trinajstić information content (AvgIpc) is 2.32. The van der Waals surface area contributed by atoms with E-state index in [-0.39, 0.29) is 18.2 Å². The summed E-state index contributed by atoms with van der Waals surface area (Å²) in [5.74, 6) is -0.0809. The summed E-state index contributed by atoms with van der Waals surface area (Å²) in [5.41, 5.74) is 0.837. The molecule has 0 atom stereocenters. The van der Waals surface area contributed by atoms with Gasteiger partial charge in [-0.1, -0.05) is 15.9 Å². The zero-order chi connectivity index (χ0) is 11.5. The van der Waals surface area contributed by atoms with E-state index in [0.29, 0.717) is 11.3 Å². The molecule has 0 amide bonds. The Morgan fingerprint density at radius 1 is 1.31 bits per heavy atom. The Morgan fingerprint density at radius 2 is 2.12 bits per heavy atom. The van der Waals surface area contributed by atoms with E-state index in [1.54, 1.807) is 18.2 Å². The van der Waals surface area contributed by atoms with Crippen LogP contribution in [0.5, 0.6) is 0 Å². The maximum absolute atomic E-state index is 13.5. The van der Waals surface area contributed by atoms with Crippen LogP contribution in [0.1, 0.15) is 5.82 Å². The van der Waals surface area contributed by atoms with Crippen molar-refractivity contribution in [3.8, 4) is 11.3 Å². The van der Waals surface area contributed by atoms with Gasteiger partial charge in [-0.25, -0.2) is 14.4 Å². The van der Waals surface area contributed by atoms with Crippen LogP contribution >= 0.6 is 15.9 Å². The van der Waals surface area contributed by atoms with E-state index in [9.17, 15) is 4.39 Å². The molecule has 0 aliphatic heterocycles. The summed E-state index contributed by atoms with van der Waals surface area (Å²) in [6, 6.07) is 6.22. The van der Waals surface area contributed by atoms with Gasteiger partial charge in [0.25, 0.3) is 0 Å². The van der Waals surface area contributed by atoms with Crippen LogP contribution in [0.15, 0.2) is 34.9 Å². The molecule has 0 aliphatic rings. The molecule has 0 spiro atoms. The van der Waals surface area contributed by atoms with Gasteiger partial charge in [0, 0.05) is 16.2 Å². The van der Waals surface area contributed by atoms with Crippen molar-refractivity contribution in [1.82, 2.24) is 9.97 Å². The van der Waals surface area contributed by atoms with Gasteiger partial charge in [0.1, 0.15) is 12.4 Å². The molecule has 1 N–H and O–H groups in total. The molecular formula is C11H8BrFN2O. The number of halogens is 2. The van der Waals surface area contributed by atoms with E-state index >= 15 is 0 Å². The van der Waals surface area contributed by atoms with Crippen molar-refractivity contribution in [2.45, 2.75) is 6.61 Å². The largest absolute Gasteiger partial charge is 0.388 e. The maximum Gasteiger partial charge on any atom is 0.154 e. The first-order chi connectivity index (χ1) is 7.70. The number of benzene rings is 1. The zero-order valence-corrected chi connectivity index (χ0v) is 9.78. The van der Waals surface area contributed by atoms with Crippen LogP contribution in [0.4, 0.5) is 4.39 Å². The quantitative estimate of drug-likeness (QED) is 0.921. The van der Waals surface area contributed by atoms with E-state index < -0.39 is 0 Å². The van der Waals surface area contributed by atoms with Gasteiger partial charge in [-0.2, -0.15) is 0 Å². The Labute approximate surface area is 100 Å². The number of aliphatic hydroxyl groups is 1. The highest BCUT2D eigenvalue weighted by atomic mass is 79.9. The van der Waals surface area contributed by atoms with Crippen molar-refractivity contribution in [2.75, 3.05) is 0 Å². The molecule has 1 aromatic carbocycles. The normalized spacial score (nSPS) is 10.4. The number of aliphatic hydroxyl groups excluding tert-OH is 1. The third-order valence-corrected chi connectivity index (χ3v) is 2.54. The minimum absolute atomic E-state index is 0.260. The Morgan fingerprint density at radius 3 is 2.88 bits per heavy atom. The van der Waals surface area contributed by atoms with Gasteiger partial charge in [0.2, 0.25) is 0 Å². The number of rotatable bonds is 2. The Hall–Kier alpha value is -1.33. The monoisotopic (exact) mass is 282 g/mol. The van der Waals surface area contributed by atoms with Crippen LogP contribution in [0.2, 0.25) is 0 Å². The van der Waals surface area contributed by atoms with Crippen LogP contribution in [0.25, 0.3) is 11.3 Å². The predicted octanol–water partition coefficient (Wildman–Crippen LogP) is 2.54. The summed E-state index contributed by atoms with van der Waals surface area (Å²) in [6.45, 7) is -0.260. The van der Waals surface area contributed by atoms with Crippen molar-refractivity contribution >= 4 is 15.9 Å². The van der Waals surface area contributed by atoms with E-state index in [0.717, 1.165) is 4.47 Å². The molecule has 0 unspecified atom stereocenters. The third kappa shape index (κ3) is 2.25. The van der Waals surface area contributed by atoms with Crippen molar-refractivity contribution in [3.05, 3.63) is 46.6 Å². The molecule has 0 saturated heterocycles. The molecule has 3 nitrogen and oxygen atoms in total. The maximum atomic E-state index is 13.5. The van der Waals surface area contributed by atoms with Crippen molar-refractivity contribution < 1.29 is 9.50 Å².